The maximum Gasteiger partial charge on any atom is 0.534 e. The third-order valence-corrected chi connectivity index (χ3v) is 15.2. The molecule has 0 amide bonds. The Morgan fingerprint density at radius 2 is 1.55 bits per heavy atom. The first-order valence-electron chi connectivity index (χ1n) is 17.3. The summed E-state index contributed by atoms with van der Waals surface area (Å²) >= 11 is 0. The van der Waals surface area contributed by atoms with Crippen LogP contribution < -0.4 is 0 Å². The Kier molecular flexibility index (Phi) is 7.98. The average Bonchev–Trinajstić information content (AvgIpc) is 2.97. The van der Waals surface area contributed by atoms with E-state index in [0.717, 1.165) is 56.9 Å². The molecule has 1 aromatic rings. The van der Waals surface area contributed by atoms with Crippen molar-refractivity contribution >= 4 is 16.1 Å². The van der Waals surface area contributed by atoms with E-state index in [9.17, 15) is 26.4 Å². The Balaban J connectivity index is 1.35. The smallest absolute Gasteiger partial charge is 0.460 e. The zero-order valence-corrected chi connectivity index (χ0v) is 29.7. The van der Waals surface area contributed by atoms with Crippen molar-refractivity contribution in [2.45, 2.75) is 118 Å². The van der Waals surface area contributed by atoms with Gasteiger partial charge in [-0.05, 0) is 109 Å². The van der Waals surface area contributed by atoms with Crippen LogP contribution in [-0.4, -0.2) is 19.9 Å². The van der Waals surface area contributed by atoms with E-state index in [1.807, 2.05) is 44.2 Å². The highest BCUT2D eigenvalue weighted by Gasteiger charge is 2.69. The first-order chi connectivity index (χ1) is 21.6. The van der Waals surface area contributed by atoms with Crippen molar-refractivity contribution in [3.05, 3.63) is 59.4 Å². The topological polar surface area (TPSA) is 69.7 Å². The zero-order chi connectivity index (χ0) is 34.5. The van der Waals surface area contributed by atoms with E-state index in [-0.39, 0.29) is 57.7 Å². The van der Waals surface area contributed by atoms with Crippen molar-refractivity contribution in [3.63, 3.8) is 0 Å². The molecule has 47 heavy (non-hydrogen) atoms. The van der Waals surface area contributed by atoms with Gasteiger partial charge in [-0.25, -0.2) is 0 Å². The van der Waals surface area contributed by atoms with E-state index in [0.29, 0.717) is 6.42 Å². The summed E-state index contributed by atoms with van der Waals surface area (Å²) in [5.41, 5.74) is -4.98. The molecule has 0 heterocycles. The summed E-state index contributed by atoms with van der Waals surface area (Å²) in [6.45, 7) is 15.6. The zero-order valence-electron chi connectivity index (χ0n) is 28.9. The van der Waals surface area contributed by atoms with E-state index in [1.54, 1.807) is 6.08 Å². The molecule has 260 valence electrons. The van der Waals surface area contributed by atoms with E-state index in [4.69, 9.17) is 8.92 Å². The number of fused-ring (bicyclic) bond motifs is 7. The molecular weight excluding hydrogens is 625 g/mol. The van der Waals surface area contributed by atoms with Crippen LogP contribution in [0, 0.1) is 50.2 Å². The Bertz CT molecular complexity index is 1590. The number of ether oxygens (including phenoxy) is 1. The van der Waals surface area contributed by atoms with Crippen LogP contribution in [0.15, 0.2) is 53.8 Å². The molecule has 3 fully saturated rings. The van der Waals surface area contributed by atoms with Gasteiger partial charge in [-0.15, -0.1) is 0 Å². The predicted octanol–water partition coefficient (Wildman–Crippen LogP) is 9.89. The fourth-order valence-electron chi connectivity index (χ4n) is 11.4. The van der Waals surface area contributed by atoms with E-state index in [2.05, 4.69) is 40.7 Å². The Labute approximate surface area is 278 Å². The molecule has 0 bridgehead atoms. The van der Waals surface area contributed by atoms with E-state index in [1.165, 1.54) is 5.57 Å². The van der Waals surface area contributed by atoms with E-state index >= 15 is 0 Å². The number of halogens is 3. The lowest BCUT2D eigenvalue weighted by Crippen LogP contribution is -2.63. The van der Waals surface area contributed by atoms with E-state index < -0.39 is 26.5 Å². The van der Waals surface area contributed by atoms with Gasteiger partial charge in [0.25, 0.3) is 0 Å². The van der Waals surface area contributed by atoms with Gasteiger partial charge in [0.2, 0.25) is 0 Å². The van der Waals surface area contributed by atoms with Crippen molar-refractivity contribution < 1.29 is 35.3 Å². The average molecular weight is 677 g/mol. The second kappa shape index (κ2) is 10.9. The van der Waals surface area contributed by atoms with Gasteiger partial charge in [0, 0.05) is 5.41 Å². The van der Waals surface area contributed by atoms with Crippen LogP contribution in [0.4, 0.5) is 13.2 Å². The highest BCUT2D eigenvalue weighted by atomic mass is 32.2. The number of carbonyl (C=O) groups is 1. The normalized spacial score (nSPS) is 39.1. The summed E-state index contributed by atoms with van der Waals surface area (Å²) < 4.78 is 75.0. The first kappa shape index (κ1) is 34.6. The fraction of sp³-hybridized carbons (Fsp3) is 0.711. The second-order valence-corrected chi connectivity index (χ2v) is 18.9. The van der Waals surface area contributed by atoms with Gasteiger partial charge in [-0.3, -0.25) is 4.79 Å². The predicted molar refractivity (Wildman–Crippen MR) is 175 cm³/mol. The molecule has 9 heteroatoms. The van der Waals surface area contributed by atoms with Gasteiger partial charge < -0.3 is 8.92 Å². The Hall–Kier alpha value is -2.29. The maximum absolute atomic E-state index is 14.2. The summed E-state index contributed by atoms with van der Waals surface area (Å²) in [5.74, 6) is 0.0902. The van der Waals surface area contributed by atoms with Crippen molar-refractivity contribution in [1.29, 1.82) is 0 Å². The molecular formula is C38H51F3O5S. The van der Waals surface area contributed by atoms with Crippen molar-refractivity contribution in [2.24, 2.45) is 50.2 Å². The van der Waals surface area contributed by atoms with Gasteiger partial charge in [0.1, 0.15) is 12.4 Å². The first-order valence-corrected chi connectivity index (χ1v) is 18.7. The van der Waals surface area contributed by atoms with Crippen LogP contribution in [0.25, 0.3) is 0 Å². The number of benzene rings is 1. The second-order valence-electron chi connectivity index (χ2n) is 17.4. The number of allylic oxidation sites excluding steroid dienone is 4. The molecule has 0 spiro atoms. The molecule has 0 N–H and O–H groups in total. The minimum Gasteiger partial charge on any atom is -0.460 e. The fourth-order valence-corrected chi connectivity index (χ4v) is 12.0. The monoisotopic (exact) mass is 676 g/mol. The molecule has 0 aromatic heterocycles. The summed E-state index contributed by atoms with van der Waals surface area (Å²) in [6.07, 6.45) is 11.3. The van der Waals surface area contributed by atoms with Crippen LogP contribution in [-0.2, 0) is 30.4 Å². The Morgan fingerprint density at radius 1 is 0.894 bits per heavy atom. The minimum absolute atomic E-state index is 0.0562. The lowest BCUT2D eigenvalue weighted by Gasteiger charge is -2.70. The number of alkyl halides is 3. The molecule has 6 rings (SSSR count). The molecule has 5 aliphatic rings. The summed E-state index contributed by atoms with van der Waals surface area (Å²) in [6, 6.07) is 9.84. The molecule has 1 aromatic carbocycles. The summed E-state index contributed by atoms with van der Waals surface area (Å²) in [5, 5.41) is 0. The van der Waals surface area contributed by atoms with Gasteiger partial charge in [0.15, 0.2) is 0 Å². The quantitative estimate of drug-likeness (QED) is 0.134. The van der Waals surface area contributed by atoms with Gasteiger partial charge >= 0.3 is 21.6 Å². The SMILES string of the molecule is CC1(C)CCC2(C(=O)OCc3ccccc3)CCC3(C)C(=CC[C@@H]4[C@@]5(C)CC=C(OS(=O)(=O)C(F)(F)F)C(C)(C)[C@@H]5CC[C@]43C)[C@@H]2C1. The lowest BCUT2D eigenvalue weighted by atomic mass is 9.34. The summed E-state index contributed by atoms with van der Waals surface area (Å²) in [4.78, 5) is 14.2. The van der Waals surface area contributed by atoms with Crippen molar-refractivity contribution in [2.75, 3.05) is 0 Å². The van der Waals surface area contributed by atoms with Gasteiger partial charge in [0.05, 0.1) is 5.41 Å². The molecule has 5 aliphatic carbocycles. The van der Waals surface area contributed by atoms with Crippen LogP contribution >= 0.6 is 0 Å². The number of hydrogen-bond acceptors (Lipinski definition) is 5. The highest BCUT2D eigenvalue weighted by Crippen LogP contribution is 2.75. The van der Waals surface area contributed by atoms with Crippen molar-refractivity contribution in [3.8, 4) is 0 Å². The third-order valence-electron chi connectivity index (χ3n) is 14.2. The van der Waals surface area contributed by atoms with Crippen LogP contribution in [0.2, 0.25) is 0 Å². The lowest BCUT2D eigenvalue weighted by molar-refractivity contribution is -0.184. The molecule has 0 saturated heterocycles. The molecule has 3 saturated carbocycles. The Morgan fingerprint density at radius 3 is 2.21 bits per heavy atom. The molecule has 5 nitrogen and oxygen atoms in total. The molecule has 0 radical (unpaired) electrons. The number of esters is 1. The molecule has 0 aliphatic heterocycles. The highest BCUT2D eigenvalue weighted by molar-refractivity contribution is 7.87. The number of rotatable bonds is 5. The van der Waals surface area contributed by atoms with Gasteiger partial charge in [-0.2, -0.15) is 21.6 Å². The van der Waals surface area contributed by atoms with Crippen LogP contribution in [0.5, 0.6) is 0 Å². The maximum atomic E-state index is 14.2. The molecule has 7 atom stereocenters. The summed E-state index contributed by atoms with van der Waals surface area (Å²) in [7, 11) is -5.76. The van der Waals surface area contributed by atoms with Crippen LogP contribution in [0.3, 0.4) is 0 Å². The minimum atomic E-state index is -5.76. The third kappa shape index (κ3) is 5.13. The van der Waals surface area contributed by atoms with Crippen molar-refractivity contribution in [1.82, 2.24) is 0 Å². The van der Waals surface area contributed by atoms with Gasteiger partial charge in [-0.1, -0.05) is 90.4 Å². The number of carbonyl (C=O) groups excluding carboxylic acids is 1. The number of hydrogen-bond donors (Lipinski definition) is 0. The van der Waals surface area contributed by atoms with Crippen LogP contribution in [0.1, 0.15) is 112 Å². The molecule has 2 unspecified atom stereocenters. The largest absolute Gasteiger partial charge is 0.534 e. The standard InChI is InChI=1S/C38H51F3O5S/c1-32(2)19-21-37(31(42)45-24-25-11-9-8-10-12-25)22-20-35(6)26(27(37)23-32)13-14-29-34(5)17-16-30(46-47(43,44)38(39,40)41)33(3,4)28(34)15-18-36(29,35)7/h8-13,16,27-29H,14-15,17-24H2,1-7H3/t27-,28-,29+,34-,35?,36+,37?/m0/s1.